The maximum Gasteiger partial charge on any atom is 0.272 e. The van der Waals surface area contributed by atoms with Crippen molar-refractivity contribution in [1.29, 1.82) is 0 Å². The summed E-state index contributed by atoms with van der Waals surface area (Å²) in [5.41, 5.74) is 2.38. The second-order valence-corrected chi connectivity index (χ2v) is 6.19. The fourth-order valence-electron chi connectivity index (χ4n) is 3.14. The summed E-state index contributed by atoms with van der Waals surface area (Å²) in [6.45, 7) is 3.09. The molecule has 1 aromatic rings. The second-order valence-electron chi connectivity index (χ2n) is 6.19. The summed E-state index contributed by atoms with van der Waals surface area (Å²) in [4.78, 5) is 30.3. The first-order chi connectivity index (χ1) is 11.6. The predicted molar refractivity (Wildman–Crippen MR) is 87.1 cm³/mol. The van der Waals surface area contributed by atoms with E-state index in [-0.39, 0.29) is 11.8 Å². The summed E-state index contributed by atoms with van der Waals surface area (Å²) in [6, 6.07) is 5.72. The van der Waals surface area contributed by atoms with Gasteiger partial charge in [-0.2, -0.15) is 0 Å². The standard InChI is InChI=1S/C17H25N3O4/c1-2-3-6-13(15(21)16(22)19-24)17(23)20-10-8-12(11-20)14-7-4-5-9-18-14/h4-5,7,9,12-13,15,21,24H,2-3,6,8,10-11H2,1H3,(H,19,22). The number of hydroxylamine groups is 1. The van der Waals surface area contributed by atoms with Crippen LogP contribution in [0.3, 0.4) is 0 Å². The molecule has 132 valence electrons. The van der Waals surface area contributed by atoms with Crippen LogP contribution in [0.1, 0.15) is 44.2 Å². The zero-order chi connectivity index (χ0) is 17.5. The molecule has 2 heterocycles. The Kier molecular flexibility index (Phi) is 6.69. The number of nitrogens with zero attached hydrogens (tertiary/aromatic N) is 2. The van der Waals surface area contributed by atoms with E-state index in [1.54, 1.807) is 11.1 Å². The Morgan fingerprint density at radius 1 is 1.46 bits per heavy atom. The quantitative estimate of drug-likeness (QED) is 0.511. The van der Waals surface area contributed by atoms with Gasteiger partial charge in [-0.05, 0) is 25.0 Å². The van der Waals surface area contributed by atoms with Gasteiger partial charge in [-0.15, -0.1) is 0 Å². The van der Waals surface area contributed by atoms with E-state index in [0.29, 0.717) is 19.5 Å². The topological polar surface area (TPSA) is 103 Å². The number of aliphatic hydroxyl groups is 1. The van der Waals surface area contributed by atoms with Gasteiger partial charge in [0, 0.05) is 30.9 Å². The third-order valence-corrected chi connectivity index (χ3v) is 4.55. The number of hydrogen-bond donors (Lipinski definition) is 3. The van der Waals surface area contributed by atoms with E-state index >= 15 is 0 Å². The summed E-state index contributed by atoms with van der Waals surface area (Å²) in [5.74, 6) is -1.84. The molecular weight excluding hydrogens is 310 g/mol. The van der Waals surface area contributed by atoms with E-state index in [1.807, 2.05) is 25.1 Å². The minimum absolute atomic E-state index is 0.172. The van der Waals surface area contributed by atoms with Crippen molar-refractivity contribution in [3.05, 3.63) is 30.1 Å². The number of rotatable bonds is 7. The number of unbranched alkanes of at least 4 members (excludes halogenated alkanes) is 1. The van der Waals surface area contributed by atoms with Crippen LogP contribution in [0, 0.1) is 5.92 Å². The maximum atomic E-state index is 12.8. The number of likely N-dealkylation sites (tertiary alicyclic amines) is 1. The smallest absolute Gasteiger partial charge is 0.272 e. The van der Waals surface area contributed by atoms with Gasteiger partial charge >= 0.3 is 0 Å². The van der Waals surface area contributed by atoms with Crippen LogP contribution in [0.25, 0.3) is 0 Å². The molecule has 1 saturated heterocycles. The van der Waals surface area contributed by atoms with Gasteiger partial charge in [-0.3, -0.25) is 19.8 Å². The van der Waals surface area contributed by atoms with Gasteiger partial charge in [-0.25, -0.2) is 5.48 Å². The average molecular weight is 335 g/mol. The Morgan fingerprint density at radius 3 is 2.88 bits per heavy atom. The summed E-state index contributed by atoms with van der Waals surface area (Å²) in [6.07, 6.45) is 3.00. The first kappa shape index (κ1) is 18.4. The molecule has 0 radical (unpaired) electrons. The Bertz CT molecular complexity index is 552. The fourth-order valence-corrected chi connectivity index (χ4v) is 3.14. The monoisotopic (exact) mass is 335 g/mol. The molecule has 1 aliphatic heterocycles. The van der Waals surface area contributed by atoms with Crippen LogP contribution in [0.15, 0.2) is 24.4 Å². The van der Waals surface area contributed by atoms with Gasteiger partial charge < -0.3 is 10.0 Å². The third-order valence-electron chi connectivity index (χ3n) is 4.55. The average Bonchev–Trinajstić information content (AvgIpc) is 3.11. The van der Waals surface area contributed by atoms with Crippen LogP contribution in [0.2, 0.25) is 0 Å². The number of nitrogens with one attached hydrogen (secondary N) is 1. The second kappa shape index (κ2) is 8.75. The van der Waals surface area contributed by atoms with Crippen molar-refractivity contribution in [2.24, 2.45) is 5.92 Å². The molecule has 0 bridgehead atoms. The van der Waals surface area contributed by atoms with Gasteiger partial charge in [0.25, 0.3) is 5.91 Å². The van der Waals surface area contributed by atoms with Crippen LogP contribution in [-0.2, 0) is 9.59 Å². The van der Waals surface area contributed by atoms with Gasteiger partial charge in [0.2, 0.25) is 5.91 Å². The molecule has 0 aliphatic carbocycles. The van der Waals surface area contributed by atoms with E-state index in [9.17, 15) is 14.7 Å². The molecule has 2 rings (SSSR count). The molecule has 3 unspecified atom stereocenters. The molecule has 2 amide bonds. The lowest BCUT2D eigenvalue weighted by Gasteiger charge is -2.26. The molecule has 1 fully saturated rings. The van der Waals surface area contributed by atoms with Crippen molar-refractivity contribution in [2.75, 3.05) is 13.1 Å². The van der Waals surface area contributed by atoms with E-state index in [0.717, 1.165) is 25.0 Å². The van der Waals surface area contributed by atoms with Crippen LogP contribution in [-0.4, -0.2) is 51.2 Å². The molecule has 0 saturated carbocycles. The largest absolute Gasteiger partial charge is 0.382 e. The number of aromatic nitrogens is 1. The van der Waals surface area contributed by atoms with E-state index in [4.69, 9.17) is 5.21 Å². The first-order valence-corrected chi connectivity index (χ1v) is 8.40. The summed E-state index contributed by atoms with van der Waals surface area (Å²) in [5, 5.41) is 18.8. The van der Waals surface area contributed by atoms with Crippen molar-refractivity contribution in [3.8, 4) is 0 Å². The number of carbonyl (C=O) groups excluding carboxylic acids is 2. The number of hydrogen-bond acceptors (Lipinski definition) is 5. The lowest BCUT2D eigenvalue weighted by atomic mass is 9.94. The van der Waals surface area contributed by atoms with Gasteiger partial charge in [0.15, 0.2) is 0 Å². The molecule has 0 spiro atoms. The fraction of sp³-hybridized carbons (Fsp3) is 0.588. The zero-order valence-electron chi connectivity index (χ0n) is 13.9. The molecule has 24 heavy (non-hydrogen) atoms. The van der Waals surface area contributed by atoms with Crippen LogP contribution in [0.5, 0.6) is 0 Å². The Hall–Kier alpha value is -1.99. The Morgan fingerprint density at radius 2 is 2.25 bits per heavy atom. The molecule has 3 N–H and O–H groups in total. The highest BCUT2D eigenvalue weighted by Crippen LogP contribution is 2.28. The summed E-state index contributed by atoms with van der Waals surface area (Å²) in [7, 11) is 0. The first-order valence-electron chi connectivity index (χ1n) is 8.40. The Balaban J connectivity index is 2.05. The van der Waals surface area contributed by atoms with Crippen molar-refractivity contribution >= 4 is 11.8 Å². The number of pyridine rings is 1. The maximum absolute atomic E-state index is 12.8. The van der Waals surface area contributed by atoms with Crippen molar-refractivity contribution in [3.63, 3.8) is 0 Å². The van der Waals surface area contributed by atoms with Crippen molar-refractivity contribution in [1.82, 2.24) is 15.4 Å². The van der Waals surface area contributed by atoms with Crippen molar-refractivity contribution in [2.45, 2.75) is 44.6 Å². The van der Waals surface area contributed by atoms with Crippen LogP contribution in [0.4, 0.5) is 0 Å². The third kappa shape index (κ3) is 4.30. The van der Waals surface area contributed by atoms with E-state index < -0.39 is 17.9 Å². The van der Waals surface area contributed by atoms with Gasteiger partial charge in [0.05, 0.1) is 5.92 Å². The summed E-state index contributed by atoms with van der Waals surface area (Å²) >= 11 is 0. The lowest BCUT2D eigenvalue weighted by molar-refractivity contribution is -0.150. The van der Waals surface area contributed by atoms with Crippen LogP contribution < -0.4 is 5.48 Å². The summed E-state index contributed by atoms with van der Waals surface area (Å²) < 4.78 is 0. The van der Waals surface area contributed by atoms with E-state index in [1.165, 1.54) is 5.48 Å². The molecule has 3 atom stereocenters. The highest BCUT2D eigenvalue weighted by Gasteiger charge is 2.37. The number of carbonyl (C=O) groups is 2. The normalized spacial score (nSPS) is 19.8. The Labute approximate surface area is 141 Å². The minimum atomic E-state index is -1.54. The predicted octanol–water partition coefficient (Wildman–Crippen LogP) is 1.07. The van der Waals surface area contributed by atoms with Gasteiger partial charge in [0.1, 0.15) is 6.10 Å². The molecule has 1 aliphatic rings. The lowest BCUT2D eigenvalue weighted by Crippen LogP contribution is -2.46. The van der Waals surface area contributed by atoms with E-state index in [2.05, 4.69) is 4.98 Å². The molecule has 7 nitrogen and oxygen atoms in total. The highest BCUT2D eigenvalue weighted by molar-refractivity contribution is 5.88. The number of aliphatic hydroxyl groups excluding tert-OH is 1. The molecule has 7 heteroatoms. The molecule has 0 aromatic carbocycles. The van der Waals surface area contributed by atoms with Crippen LogP contribution >= 0.6 is 0 Å². The van der Waals surface area contributed by atoms with Gasteiger partial charge in [-0.1, -0.05) is 25.8 Å². The zero-order valence-corrected chi connectivity index (χ0v) is 13.9. The molecule has 1 aromatic heterocycles. The minimum Gasteiger partial charge on any atom is -0.382 e. The molecular formula is C17H25N3O4. The van der Waals surface area contributed by atoms with Crippen molar-refractivity contribution < 1.29 is 19.9 Å². The number of amides is 2. The SMILES string of the molecule is CCCCC(C(=O)N1CCC(c2ccccn2)C1)C(O)C(=O)NO. The highest BCUT2D eigenvalue weighted by atomic mass is 16.5.